The Kier molecular flexibility index (Phi) is 5.49. The molecule has 0 atom stereocenters. The fourth-order valence-corrected chi connectivity index (χ4v) is 2.58. The van der Waals surface area contributed by atoms with Gasteiger partial charge in [0.25, 0.3) is 5.22 Å². The second-order valence-electron chi connectivity index (χ2n) is 6.61. The van der Waals surface area contributed by atoms with E-state index in [1.807, 2.05) is 34.6 Å². The monoisotopic (exact) mass is 346 g/mol. The lowest BCUT2D eigenvalue weighted by atomic mass is 9.95. The molecule has 1 aromatic carbocycles. The minimum atomic E-state index is -0.461. The molecular formula is C18H22N2O3S. The van der Waals surface area contributed by atoms with Crippen LogP contribution in [0, 0.1) is 19.3 Å². The molecule has 1 N–H and O–H groups in total. The SMILES string of the molecule is Cc1nc(SCC(=O)c2ccc(NC(=O)C(C)(C)C)cc2)oc1C. The van der Waals surface area contributed by atoms with Crippen molar-refractivity contribution >= 4 is 29.1 Å². The van der Waals surface area contributed by atoms with Crippen LogP contribution in [0.25, 0.3) is 0 Å². The Labute approximate surface area is 146 Å². The van der Waals surface area contributed by atoms with Crippen LogP contribution in [-0.2, 0) is 4.79 Å². The Morgan fingerprint density at radius 3 is 2.29 bits per heavy atom. The molecule has 0 aliphatic rings. The number of anilines is 1. The molecule has 0 radical (unpaired) electrons. The van der Waals surface area contributed by atoms with Gasteiger partial charge in [-0.05, 0) is 38.1 Å². The Bertz CT molecular complexity index is 723. The van der Waals surface area contributed by atoms with Crippen molar-refractivity contribution in [1.29, 1.82) is 0 Å². The summed E-state index contributed by atoms with van der Waals surface area (Å²) in [5, 5.41) is 3.34. The molecule has 2 rings (SSSR count). The van der Waals surface area contributed by atoms with Gasteiger partial charge in [0.15, 0.2) is 5.78 Å². The summed E-state index contributed by atoms with van der Waals surface area (Å²) < 4.78 is 5.45. The maximum absolute atomic E-state index is 12.2. The molecule has 0 saturated carbocycles. The Morgan fingerprint density at radius 2 is 1.79 bits per heavy atom. The van der Waals surface area contributed by atoms with E-state index in [9.17, 15) is 9.59 Å². The normalized spacial score (nSPS) is 11.4. The van der Waals surface area contributed by atoms with Crippen molar-refractivity contribution in [2.24, 2.45) is 5.41 Å². The first-order valence-corrected chi connectivity index (χ1v) is 8.67. The summed E-state index contributed by atoms with van der Waals surface area (Å²) in [5.74, 6) is 0.949. The number of ketones is 1. The van der Waals surface area contributed by atoms with Crippen LogP contribution in [0.15, 0.2) is 33.9 Å². The number of thioether (sulfide) groups is 1. The number of carbonyl (C=O) groups excluding carboxylic acids is 2. The van der Waals surface area contributed by atoms with E-state index in [2.05, 4.69) is 10.3 Å². The van der Waals surface area contributed by atoms with Gasteiger partial charge in [-0.15, -0.1) is 0 Å². The Balaban J connectivity index is 1.94. The maximum Gasteiger partial charge on any atom is 0.256 e. The number of amides is 1. The Morgan fingerprint density at radius 1 is 1.17 bits per heavy atom. The standard InChI is InChI=1S/C18H22N2O3S/c1-11-12(2)23-17(19-11)24-10-15(21)13-6-8-14(9-7-13)20-16(22)18(3,4)5/h6-9H,10H2,1-5H3,(H,20,22). The molecule has 0 aliphatic carbocycles. The zero-order chi connectivity index (χ0) is 17.9. The quantitative estimate of drug-likeness (QED) is 0.647. The summed E-state index contributed by atoms with van der Waals surface area (Å²) in [6.45, 7) is 9.27. The van der Waals surface area contributed by atoms with Gasteiger partial charge in [0, 0.05) is 16.7 Å². The fraction of sp³-hybridized carbons (Fsp3) is 0.389. The third kappa shape index (κ3) is 4.71. The zero-order valence-electron chi connectivity index (χ0n) is 14.6. The highest BCUT2D eigenvalue weighted by Crippen LogP contribution is 2.22. The highest BCUT2D eigenvalue weighted by Gasteiger charge is 2.21. The van der Waals surface area contributed by atoms with Crippen LogP contribution in [-0.4, -0.2) is 22.4 Å². The van der Waals surface area contributed by atoms with Gasteiger partial charge in [0.2, 0.25) is 5.91 Å². The van der Waals surface area contributed by atoms with Gasteiger partial charge in [-0.2, -0.15) is 0 Å². The van der Waals surface area contributed by atoms with Gasteiger partial charge >= 0.3 is 0 Å². The molecule has 0 saturated heterocycles. The van der Waals surface area contributed by atoms with Gasteiger partial charge in [-0.25, -0.2) is 4.98 Å². The van der Waals surface area contributed by atoms with Gasteiger partial charge in [-0.1, -0.05) is 32.5 Å². The summed E-state index contributed by atoms with van der Waals surface area (Å²) in [7, 11) is 0. The minimum Gasteiger partial charge on any atom is -0.437 e. The average molecular weight is 346 g/mol. The second kappa shape index (κ2) is 7.21. The maximum atomic E-state index is 12.2. The molecule has 24 heavy (non-hydrogen) atoms. The van der Waals surface area contributed by atoms with Crippen molar-refractivity contribution in [1.82, 2.24) is 4.98 Å². The number of hydrogen-bond donors (Lipinski definition) is 1. The molecule has 0 aliphatic heterocycles. The number of benzene rings is 1. The number of nitrogens with one attached hydrogen (secondary N) is 1. The smallest absolute Gasteiger partial charge is 0.256 e. The van der Waals surface area contributed by atoms with Gasteiger partial charge in [0.1, 0.15) is 5.76 Å². The molecule has 1 amide bonds. The molecule has 0 spiro atoms. The van der Waals surface area contributed by atoms with E-state index in [4.69, 9.17) is 4.42 Å². The zero-order valence-corrected chi connectivity index (χ0v) is 15.4. The largest absolute Gasteiger partial charge is 0.437 e. The number of carbonyl (C=O) groups is 2. The topological polar surface area (TPSA) is 72.2 Å². The van der Waals surface area contributed by atoms with Crippen LogP contribution in [0.4, 0.5) is 5.69 Å². The van der Waals surface area contributed by atoms with Crippen LogP contribution in [0.1, 0.15) is 42.6 Å². The number of hydrogen-bond acceptors (Lipinski definition) is 5. The van der Waals surface area contributed by atoms with Crippen molar-refractivity contribution in [3.63, 3.8) is 0 Å². The molecule has 1 aromatic heterocycles. The summed E-state index contributed by atoms with van der Waals surface area (Å²) in [6, 6.07) is 6.91. The summed E-state index contributed by atoms with van der Waals surface area (Å²) in [6.07, 6.45) is 0. The molecule has 6 heteroatoms. The molecule has 0 fully saturated rings. The predicted molar refractivity (Wildman–Crippen MR) is 95.6 cm³/mol. The highest BCUT2D eigenvalue weighted by molar-refractivity contribution is 7.99. The molecular weight excluding hydrogens is 324 g/mol. The lowest BCUT2D eigenvalue weighted by molar-refractivity contribution is -0.123. The Hall–Kier alpha value is -2.08. The van der Waals surface area contributed by atoms with E-state index in [0.29, 0.717) is 16.5 Å². The van der Waals surface area contributed by atoms with E-state index in [0.717, 1.165) is 11.5 Å². The van der Waals surface area contributed by atoms with Crippen LogP contribution in [0.5, 0.6) is 0 Å². The first-order chi connectivity index (χ1) is 11.2. The van der Waals surface area contributed by atoms with E-state index in [1.54, 1.807) is 24.3 Å². The molecule has 5 nitrogen and oxygen atoms in total. The number of nitrogens with zero attached hydrogens (tertiary/aromatic N) is 1. The average Bonchev–Trinajstić information content (AvgIpc) is 2.83. The first kappa shape index (κ1) is 18.3. The third-order valence-electron chi connectivity index (χ3n) is 3.48. The lowest BCUT2D eigenvalue weighted by Gasteiger charge is -2.17. The van der Waals surface area contributed by atoms with Gasteiger partial charge in [-0.3, -0.25) is 9.59 Å². The van der Waals surface area contributed by atoms with Crippen LogP contribution in [0.3, 0.4) is 0 Å². The van der Waals surface area contributed by atoms with Crippen molar-refractivity contribution in [3.8, 4) is 0 Å². The molecule has 1 heterocycles. The van der Waals surface area contributed by atoms with Crippen molar-refractivity contribution in [3.05, 3.63) is 41.3 Å². The van der Waals surface area contributed by atoms with E-state index < -0.39 is 5.41 Å². The molecule has 0 unspecified atom stereocenters. The van der Waals surface area contributed by atoms with E-state index in [-0.39, 0.29) is 17.4 Å². The van der Waals surface area contributed by atoms with Crippen LogP contribution < -0.4 is 5.32 Å². The minimum absolute atomic E-state index is 0.0118. The summed E-state index contributed by atoms with van der Waals surface area (Å²) in [4.78, 5) is 28.4. The van der Waals surface area contributed by atoms with Crippen molar-refractivity contribution in [2.75, 3.05) is 11.1 Å². The number of oxazole rings is 1. The van der Waals surface area contributed by atoms with Crippen LogP contribution in [0.2, 0.25) is 0 Å². The van der Waals surface area contributed by atoms with Gasteiger partial charge < -0.3 is 9.73 Å². The van der Waals surface area contributed by atoms with Crippen molar-refractivity contribution < 1.29 is 14.0 Å². The number of aryl methyl sites for hydroxylation is 2. The first-order valence-electron chi connectivity index (χ1n) is 7.68. The third-order valence-corrected chi connectivity index (χ3v) is 4.31. The molecule has 2 aromatic rings. The summed E-state index contributed by atoms with van der Waals surface area (Å²) >= 11 is 1.28. The second-order valence-corrected chi connectivity index (χ2v) is 7.54. The number of aromatic nitrogens is 1. The van der Waals surface area contributed by atoms with Crippen LogP contribution >= 0.6 is 11.8 Å². The highest BCUT2D eigenvalue weighted by atomic mass is 32.2. The number of rotatable bonds is 5. The molecule has 128 valence electrons. The van der Waals surface area contributed by atoms with E-state index >= 15 is 0 Å². The van der Waals surface area contributed by atoms with Crippen molar-refractivity contribution in [2.45, 2.75) is 39.8 Å². The predicted octanol–water partition coefficient (Wildman–Crippen LogP) is 4.25. The molecule has 0 bridgehead atoms. The number of Topliss-reactive ketones (excluding diaryl/α,β-unsaturated/α-hetero) is 1. The van der Waals surface area contributed by atoms with Gasteiger partial charge in [0.05, 0.1) is 11.4 Å². The fourth-order valence-electron chi connectivity index (χ4n) is 1.77. The summed E-state index contributed by atoms with van der Waals surface area (Å²) in [5.41, 5.74) is 1.65. The van der Waals surface area contributed by atoms with E-state index in [1.165, 1.54) is 11.8 Å². The lowest BCUT2D eigenvalue weighted by Crippen LogP contribution is -2.27.